The van der Waals surface area contributed by atoms with Crippen molar-refractivity contribution in [3.8, 4) is 5.75 Å². The van der Waals surface area contributed by atoms with Crippen molar-refractivity contribution >= 4 is 49.9 Å². The first kappa shape index (κ1) is 21.3. The Kier molecular flexibility index (Phi) is 6.53. The molecule has 3 aromatic rings. The molecule has 5 nitrogen and oxygen atoms in total. The van der Waals surface area contributed by atoms with Crippen molar-refractivity contribution in [2.75, 3.05) is 0 Å². The summed E-state index contributed by atoms with van der Waals surface area (Å²) in [6.45, 7) is 0.671. The van der Waals surface area contributed by atoms with Crippen LogP contribution >= 0.6 is 31.9 Å². The van der Waals surface area contributed by atoms with Gasteiger partial charge >= 0.3 is 6.03 Å². The summed E-state index contributed by atoms with van der Waals surface area (Å²) >= 11 is 6.90. The van der Waals surface area contributed by atoms with Gasteiger partial charge in [-0.25, -0.2) is 4.79 Å². The molecule has 7 heteroatoms. The first-order chi connectivity index (χ1) is 15.0. The maximum atomic E-state index is 12.7. The van der Waals surface area contributed by atoms with E-state index >= 15 is 0 Å². The van der Waals surface area contributed by atoms with Gasteiger partial charge in [-0.3, -0.25) is 9.69 Å². The summed E-state index contributed by atoms with van der Waals surface area (Å²) < 4.78 is 7.57. The molecule has 3 aromatic carbocycles. The molecule has 1 fully saturated rings. The van der Waals surface area contributed by atoms with Crippen molar-refractivity contribution in [3.63, 3.8) is 0 Å². The Morgan fingerprint density at radius 1 is 0.903 bits per heavy atom. The Bertz CT molecular complexity index is 1150. The summed E-state index contributed by atoms with van der Waals surface area (Å²) in [5, 5.41) is 2.66. The van der Waals surface area contributed by atoms with Crippen LogP contribution in [0.15, 0.2) is 87.4 Å². The van der Waals surface area contributed by atoms with Gasteiger partial charge in [-0.05, 0) is 63.0 Å². The number of ether oxygens (including phenoxy) is 1. The third-order valence-corrected chi connectivity index (χ3v) is 5.87. The Hall–Kier alpha value is -2.90. The van der Waals surface area contributed by atoms with Crippen molar-refractivity contribution < 1.29 is 14.3 Å². The van der Waals surface area contributed by atoms with Crippen LogP contribution in [0, 0.1) is 0 Å². The van der Waals surface area contributed by atoms with Crippen LogP contribution in [0.1, 0.15) is 16.7 Å². The zero-order valence-corrected chi connectivity index (χ0v) is 19.5. The second-order valence-electron chi connectivity index (χ2n) is 6.97. The number of imide groups is 1. The lowest BCUT2D eigenvalue weighted by Crippen LogP contribution is -2.30. The average Bonchev–Trinajstić information content (AvgIpc) is 3.03. The van der Waals surface area contributed by atoms with Gasteiger partial charge in [0.1, 0.15) is 18.1 Å². The van der Waals surface area contributed by atoms with Crippen LogP contribution < -0.4 is 10.1 Å². The summed E-state index contributed by atoms with van der Waals surface area (Å²) in [6, 6.07) is 22.5. The highest BCUT2D eigenvalue weighted by molar-refractivity contribution is 9.10. The van der Waals surface area contributed by atoms with E-state index in [1.807, 2.05) is 72.8 Å². The minimum absolute atomic E-state index is 0.214. The number of urea groups is 1. The first-order valence-corrected chi connectivity index (χ1v) is 11.1. The predicted octanol–water partition coefficient (Wildman–Crippen LogP) is 5.88. The monoisotopic (exact) mass is 540 g/mol. The number of rotatable bonds is 6. The molecular weight excluding hydrogens is 524 g/mol. The number of hydrogen-bond donors (Lipinski definition) is 1. The summed E-state index contributed by atoms with van der Waals surface area (Å²) in [5.41, 5.74) is 2.96. The second-order valence-corrected chi connectivity index (χ2v) is 8.74. The number of nitrogens with one attached hydrogen (secondary N) is 1. The number of carbonyl (C=O) groups excluding carboxylic acids is 2. The van der Waals surface area contributed by atoms with Crippen LogP contribution in [0.3, 0.4) is 0 Å². The number of carbonyl (C=O) groups is 2. The molecule has 0 bridgehead atoms. The van der Waals surface area contributed by atoms with Crippen molar-refractivity contribution in [2.24, 2.45) is 0 Å². The molecule has 0 unspecified atom stereocenters. The Balaban J connectivity index is 1.45. The van der Waals surface area contributed by atoms with Gasteiger partial charge in [0.2, 0.25) is 0 Å². The van der Waals surface area contributed by atoms with Gasteiger partial charge < -0.3 is 10.1 Å². The molecule has 4 rings (SSSR count). The lowest BCUT2D eigenvalue weighted by atomic mass is 10.1. The molecule has 0 saturated carbocycles. The minimum Gasteiger partial charge on any atom is -0.488 e. The van der Waals surface area contributed by atoms with E-state index in [1.165, 1.54) is 4.90 Å². The van der Waals surface area contributed by atoms with Crippen LogP contribution in [0.5, 0.6) is 5.75 Å². The van der Waals surface area contributed by atoms with Gasteiger partial charge in [0.15, 0.2) is 0 Å². The van der Waals surface area contributed by atoms with Crippen molar-refractivity contribution in [3.05, 3.63) is 104 Å². The zero-order chi connectivity index (χ0) is 21.8. The number of hydrogen-bond acceptors (Lipinski definition) is 3. The average molecular weight is 542 g/mol. The molecular formula is C24H18Br2N2O3. The summed E-state index contributed by atoms with van der Waals surface area (Å²) in [4.78, 5) is 26.2. The summed E-state index contributed by atoms with van der Waals surface area (Å²) in [7, 11) is 0. The Morgan fingerprint density at radius 3 is 2.35 bits per heavy atom. The van der Waals surface area contributed by atoms with Crippen molar-refractivity contribution in [2.45, 2.75) is 13.2 Å². The van der Waals surface area contributed by atoms with Crippen molar-refractivity contribution in [1.29, 1.82) is 0 Å². The van der Waals surface area contributed by atoms with E-state index in [0.29, 0.717) is 12.4 Å². The number of halogens is 2. The standard InChI is InChI=1S/C24H18Br2N2O3/c25-19-9-6-16(7-10-19)14-28-23(29)21(27-24(28)30)13-18-8-11-22(20(26)12-18)31-15-17-4-2-1-3-5-17/h1-13H,14-15H2,(H,27,30)/b21-13+. The number of benzene rings is 3. The normalized spacial score (nSPS) is 14.8. The molecule has 0 spiro atoms. The SMILES string of the molecule is O=C1N/C(=C/c2ccc(OCc3ccccc3)c(Br)c2)C(=O)N1Cc1ccc(Br)cc1. The molecule has 0 aromatic heterocycles. The molecule has 1 N–H and O–H groups in total. The largest absolute Gasteiger partial charge is 0.488 e. The van der Waals surface area contributed by atoms with Crippen LogP contribution in [0.2, 0.25) is 0 Å². The van der Waals surface area contributed by atoms with Gasteiger partial charge in [0.25, 0.3) is 5.91 Å². The quantitative estimate of drug-likeness (QED) is 0.313. The van der Waals surface area contributed by atoms with E-state index in [0.717, 1.165) is 25.6 Å². The highest BCUT2D eigenvalue weighted by Gasteiger charge is 2.33. The molecule has 1 saturated heterocycles. The predicted molar refractivity (Wildman–Crippen MR) is 126 cm³/mol. The zero-order valence-electron chi connectivity index (χ0n) is 16.3. The van der Waals surface area contributed by atoms with Gasteiger partial charge in [0.05, 0.1) is 11.0 Å². The third-order valence-electron chi connectivity index (χ3n) is 4.72. The fourth-order valence-electron chi connectivity index (χ4n) is 3.11. The van der Waals surface area contributed by atoms with Crippen LogP contribution in [0.4, 0.5) is 4.79 Å². The van der Waals surface area contributed by atoms with Crippen molar-refractivity contribution in [1.82, 2.24) is 10.2 Å². The molecule has 1 heterocycles. The number of amides is 3. The fourth-order valence-corrected chi connectivity index (χ4v) is 3.89. The van der Waals surface area contributed by atoms with E-state index in [1.54, 1.807) is 6.08 Å². The van der Waals surface area contributed by atoms with E-state index in [2.05, 4.69) is 37.2 Å². The number of nitrogens with zero attached hydrogens (tertiary/aromatic N) is 1. The van der Waals surface area contributed by atoms with Gasteiger partial charge in [-0.2, -0.15) is 0 Å². The molecule has 31 heavy (non-hydrogen) atoms. The Morgan fingerprint density at radius 2 is 1.65 bits per heavy atom. The van der Waals surface area contributed by atoms with E-state index in [4.69, 9.17) is 4.74 Å². The molecule has 0 aliphatic carbocycles. The summed E-state index contributed by atoms with van der Waals surface area (Å²) in [6.07, 6.45) is 1.66. The van der Waals surface area contributed by atoms with Gasteiger partial charge in [-0.1, -0.05) is 64.5 Å². The summed E-state index contributed by atoms with van der Waals surface area (Å²) in [5.74, 6) is 0.345. The van der Waals surface area contributed by atoms with Crippen LogP contribution in [-0.2, 0) is 17.9 Å². The molecule has 0 radical (unpaired) electrons. The molecule has 0 atom stereocenters. The van der Waals surface area contributed by atoms with E-state index in [9.17, 15) is 9.59 Å². The molecule has 1 aliphatic rings. The fraction of sp³-hybridized carbons (Fsp3) is 0.0833. The van der Waals surface area contributed by atoms with Crippen LogP contribution in [-0.4, -0.2) is 16.8 Å². The highest BCUT2D eigenvalue weighted by Crippen LogP contribution is 2.28. The molecule has 1 aliphatic heterocycles. The van der Waals surface area contributed by atoms with Gasteiger partial charge in [0, 0.05) is 4.47 Å². The van der Waals surface area contributed by atoms with Gasteiger partial charge in [-0.15, -0.1) is 0 Å². The second kappa shape index (κ2) is 9.49. The Labute approximate surface area is 197 Å². The molecule has 156 valence electrons. The maximum Gasteiger partial charge on any atom is 0.329 e. The topological polar surface area (TPSA) is 58.6 Å². The molecule has 3 amide bonds. The van der Waals surface area contributed by atoms with E-state index < -0.39 is 6.03 Å². The highest BCUT2D eigenvalue weighted by atomic mass is 79.9. The first-order valence-electron chi connectivity index (χ1n) is 9.55. The lowest BCUT2D eigenvalue weighted by molar-refractivity contribution is -0.123. The van der Waals surface area contributed by atoms with Crippen LogP contribution in [0.25, 0.3) is 6.08 Å². The lowest BCUT2D eigenvalue weighted by Gasteiger charge is -2.11. The maximum absolute atomic E-state index is 12.7. The minimum atomic E-state index is -0.430. The third kappa shape index (κ3) is 5.24. The van der Waals surface area contributed by atoms with E-state index in [-0.39, 0.29) is 18.1 Å². The smallest absolute Gasteiger partial charge is 0.329 e.